The highest BCUT2D eigenvalue weighted by Crippen LogP contribution is 2.24. The Hall–Kier alpha value is -2.16. The van der Waals surface area contributed by atoms with E-state index in [1.807, 2.05) is 6.92 Å². The monoisotopic (exact) mass is 299 g/mol. The molecule has 0 saturated heterocycles. The summed E-state index contributed by atoms with van der Waals surface area (Å²) in [6.45, 7) is 4.71. The standard InChI is InChI=1S/C19H22FNO/c1-3-19(22)21-13-12-14(2)15-4-6-16(7-5-15)17-8-10-18(20)11-9-17/h4-11,14H,3,12-13H2,1-2H3,(H,21,22). The quantitative estimate of drug-likeness (QED) is 0.835. The maximum absolute atomic E-state index is 12.9. The number of carbonyl (C=O) groups is 1. The van der Waals surface area contributed by atoms with Crippen LogP contribution in [0.25, 0.3) is 11.1 Å². The van der Waals surface area contributed by atoms with Crippen LogP contribution in [-0.4, -0.2) is 12.5 Å². The molecule has 2 rings (SSSR count). The van der Waals surface area contributed by atoms with Crippen LogP contribution in [0.1, 0.15) is 38.2 Å². The Labute approximate surface area is 131 Å². The molecule has 0 bridgehead atoms. The molecule has 22 heavy (non-hydrogen) atoms. The van der Waals surface area contributed by atoms with E-state index < -0.39 is 0 Å². The van der Waals surface area contributed by atoms with Crippen molar-refractivity contribution in [3.8, 4) is 11.1 Å². The second kappa shape index (κ2) is 7.74. The molecule has 0 heterocycles. The molecule has 1 N–H and O–H groups in total. The van der Waals surface area contributed by atoms with Crippen molar-refractivity contribution in [1.29, 1.82) is 0 Å². The van der Waals surface area contributed by atoms with E-state index >= 15 is 0 Å². The molecule has 0 radical (unpaired) electrons. The van der Waals surface area contributed by atoms with Gasteiger partial charge in [0, 0.05) is 13.0 Å². The van der Waals surface area contributed by atoms with Gasteiger partial charge in [-0.3, -0.25) is 4.79 Å². The lowest BCUT2D eigenvalue weighted by Crippen LogP contribution is -2.24. The average Bonchev–Trinajstić information content (AvgIpc) is 2.55. The Morgan fingerprint density at radius 1 is 1.05 bits per heavy atom. The summed E-state index contributed by atoms with van der Waals surface area (Å²) >= 11 is 0. The minimum atomic E-state index is -0.219. The van der Waals surface area contributed by atoms with Crippen molar-refractivity contribution < 1.29 is 9.18 Å². The average molecular weight is 299 g/mol. The molecule has 1 amide bonds. The summed E-state index contributed by atoms with van der Waals surface area (Å²) in [5.41, 5.74) is 3.34. The first-order valence-electron chi connectivity index (χ1n) is 7.72. The van der Waals surface area contributed by atoms with Gasteiger partial charge >= 0.3 is 0 Å². The molecule has 3 heteroatoms. The Morgan fingerprint density at radius 2 is 1.59 bits per heavy atom. The van der Waals surface area contributed by atoms with E-state index in [1.54, 1.807) is 12.1 Å². The molecule has 2 aromatic carbocycles. The third-order valence-electron chi connectivity index (χ3n) is 3.88. The molecule has 0 fully saturated rings. The van der Waals surface area contributed by atoms with Gasteiger partial charge in [-0.25, -0.2) is 4.39 Å². The van der Waals surface area contributed by atoms with Gasteiger partial charge < -0.3 is 5.32 Å². The molecule has 0 aliphatic carbocycles. The van der Waals surface area contributed by atoms with Crippen LogP contribution >= 0.6 is 0 Å². The topological polar surface area (TPSA) is 29.1 Å². The zero-order chi connectivity index (χ0) is 15.9. The van der Waals surface area contributed by atoms with Gasteiger partial charge in [-0.05, 0) is 41.2 Å². The summed E-state index contributed by atoms with van der Waals surface area (Å²) in [5.74, 6) is 0.265. The predicted octanol–water partition coefficient (Wildman–Crippen LogP) is 4.51. The molecular formula is C19H22FNO. The fraction of sp³-hybridized carbons (Fsp3) is 0.316. The first kappa shape index (κ1) is 16.2. The molecule has 0 aromatic heterocycles. The van der Waals surface area contributed by atoms with E-state index in [4.69, 9.17) is 0 Å². The van der Waals surface area contributed by atoms with Crippen molar-refractivity contribution in [3.63, 3.8) is 0 Å². The lowest BCUT2D eigenvalue weighted by Gasteiger charge is -2.13. The number of halogens is 1. The lowest BCUT2D eigenvalue weighted by molar-refractivity contribution is -0.120. The largest absolute Gasteiger partial charge is 0.356 e. The Kier molecular flexibility index (Phi) is 5.70. The summed E-state index contributed by atoms with van der Waals surface area (Å²) in [6, 6.07) is 14.8. The van der Waals surface area contributed by atoms with E-state index in [0.29, 0.717) is 18.9 Å². The molecule has 1 atom stereocenters. The Balaban J connectivity index is 1.96. The maximum atomic E-state index is 12.9. The first-order valence-corrected chi connectivity index (χ1v) is 7.72. The van der Waals surface area contributed by atoms with Crippen molar-refractivity contribution in [1.82, 2.24) is 5.32 Å². The highest BCUT2D eigenvalue weighted by molar-refractivity contribution is 5.75. The summed E-state index contributed by atoms with van der Waals surface area (Å²) < 4.78 is 12.9. The number of nitrogens with one attached hydrogen (secondary N) is 1. The van der Waals surface area contributed by atoms with E-state index in [0.717, 1.165) is 17.5 Å². The normalized spacial score (nSPS) is 12.0. The molecule has 0 spiro atoms. The van der Waals surface area contributed by atoms with E-state index in [-0.39, 0.29) is 11.7 Å². The van der Waals surface area contributed by atoms with Crippen LogP contribution in [0.5, 0.6) is 0 Å². The van der Waals surface area contributed by atoms with Crippen LogP contribution in [-0.2, 0) is 4.79 Å². The highest BCUT2D eigenvalue weighted by atomic mass is 19.1. The zero-order valence-corrected chi connectivity index (χ0v) is 13.1. The Morgan fingerprint density at radius 3 is 2.14 bits per heavy atom. The number of rotatable bonds is 6. The van der Waals surface area contributed by atoms with Crippen LogP contribution in [0.2, 0.25) is 0 Å². The Bertz CT molecular complexity index is 604. The third-order valence-corrected chi connectivity index (χ3v) is 3.88. The molecule has 116 valence electrons. The van der Waals surface area contributed by atoms with Crippen LogP contribution < -0.4 is 5.32 Å². The summed E-state index contributed by atoms with van der Waals surface area (Å²) in [5, 5.41) is 2.90. The number of hydrogen-bond donors (Lipinski definition) is 1. The molecule has 0 aliphatic rings. The molecule has 1 unspecified atom stereocenters. The number of benzene rings is 2. The molecular weight excluding hydrogens is 277 g/mol. The molecule has 2 aromatic rings. The SMILES string of the molecule is CCC(=O)NCCC(C)c1ccc(-c2ccc(F)cc2)cc1. The molecule has 0 aliphatic heterocycles. The van der Waals surface area contributed by atoms with Crippen LogP contribution in [0.3, 0.4) is 0 Å². The maximum Gasteiger partial charge on any atom is 0.219 e. The van der Waals surface area contributed by atoms with Crippen molar-refractivity contribution in [2.24, 2.45) is 0 Å². The van der Waals surface area contributed by atoms with Crippen molar-refractivity contribution >= 4 is 5.91 Å². The van der Waals surface area contributed by atoms with Gasteiger partial charge in [-0.1, -0.05) is 50.2 Å². The van der Waals surface area contributed by atoms with Crippen LogP contribution in [0.15, 0.2) is 48.5 Å². The second-order valence-corrected chi connectivity index (χ2v) is 5.52. The number of amides is 1. The van der Waals surface area contributed by atoms with Crippen molar-refractivity contribution in [2.45, 2.75) is 32.6 Å². The number of hydrogen-bond acceptors (Lipinski definition) is 1. The van der Waals surface area contributed by atoms with Gasteiger partial charge in [0.2, 0.25) is 5.91 Å². The summed E-state index contributed by atoms with van der Waals surface area (Å²) in [6.07, 6.45) is 1.45. The minimum Gasteiger partial charge on any atom is -0.356 e. The van der Waals surface area contributed by atoms with Gasteiger partial charge in [0.1, 0.15) is 5.82 Å². The van der Waals surface area contributed by atoms with E-state index in [1.165, 1.54) is 17.7 Å². The van der Waals surface area contributed by atoms with Crippen molar-refractivity contribution in [3.05, 3.63) is 59.9 Å². The smallest absolute Gasteiger partial charge is 0.219 e. The highest BCUT2D eigenvalue weighted by Gasteiger charge is 2.07. The van der Waals surface area contributed by atoms with Gasteiger partial charge in [-0.2, -0.15) is 0 Å². The van der Waals surface area contributed by atoms with E-state index in [2.05, 4.69) is 36.5 Å². The van der Waals surface area contributed by atoms with Gasteiger partial charge in [0.05, 0.1) is 0 Å². The lowest BCUT2D eigenvalue weighted by atomic mass is 9.95. The summed E-state index contributed by atoms with van der Waals surface area (Å²) in [7, 11) is 0. The third kappa shape index (κ3) is 4.42. The fourth-order valence-corrected chi connectivity index (χ4v) is 2.37. The van der Waals surface area contributed by atoms with Gasteiger partial charge in [-0.15, -0.1) is 0 Å². The van der Waals surface area contributed by atoms with Crippen LogP contribution in [0.4, 0.5) is 4.39 Å². The second-order valence-electron chi connectivity index (χ2n) is 5.52. The summed E-state index contributed by atoms with van der Waals surface area (Å²) in [4.78, 5) is 11.2. The fourth-order valence-electron chi connectivity index (χ4n) is 2.37. The number of carbonyl (C=O) groups excluding carboxylic acids is 1. The van der Waals surface area contributed by atoms with E-state index in [9.17, 15) is 9.18 Å². The molecule has 0 saturated carbocycles. The first-order chi connectivity index (χ1) is 10.6. The minimum absolute atomic E-state index is 0.0962. The predicted molar refractivity (Wildman–Crippen MR) is 88.2 cm³/mol. The van der Waals surface area contributed by atoms with Crippen molar-refractivity contribution in [2.75, 3.05) is 6.54 Å². The zero-order valence-electron chi connectivity index (χ0n) is 13.1. The molecule has 2 nitrogen and oxygen atoms in total. The van der Waals surface area contributed by atoms with Gasteiger partial charge in [0.15, 0.2) is 0 Å². The van der Waals surface area contributed by atoms with Crippen LogP contribution in [0, 0.1) is 5.82 Å². The van der Waals surface area contributed by atoms with Gasteiger partial charge in [0.25, 0.3) is 0 Å².